The van der Waals surface area contributed by atoms with Crippen LogP contribution in [0.1, 0.15) is 30.5 Å². The van der Waals surface area contributed by atoms with Crippen LogP contribution in [-0.4, -0.2) is 20.9 Å². The molecule has 3 aromatic rings. The SMILES string of the molecule is CCC(=O)N[C@@H](/C=C/c1ccccc1)c1cc([N+](=O)[O-])c2cccnc2c1O. The smallest absolute Gasteiger partial charge is 0.279 e. The van der Waals surface area contributed by atoms with E-state index in [9.17, 15) is 20.0 Å². The lowest BCUT2D eigenvalue weighted by Gasteiger charge is -2.17. The molecule has 7 nitrogen and oxygen atoms in total. The van der Waals surface area contributed by atoms with E-state index in [0.717, 1.165) is 5.56 Å². The predicted molar refractivity (Wildman–Crippen MR) is 107 cm³/mol. The van der Waals surface area contributed by atoms with E-state index < -0.39 is 11.0 Å². The number of aromatic hydroxyl groups is 1. The first-order chi connectivity index (χ1) is 13.5. The van der Waals surface area contributed by atoms with E-state index in [1.54, 1.807) is 25.1 Å². The zero-order valence-corrected chi connectivity index (χ0v) is 15.2. The lowest BCUT2D eigenvalue weighted by Crippen LogP contribution is -2.26. The van der Waals surface area contributed by atoms with E-state index >= 15 is 0 Å². The Morgan fingerprint density at radius 2 is 2.04 bits per heavy atom. The number of non-ortho nitro benzene ring substituents is 1. The van der Waals surface area contributed by atoms with Crippen molar-refractivity contribution in [1.82, 2.24) is 10.3 Å². The number of fused-ring (bicyclic) bond motifs is 1. The molecule has 0 fully saturated rings. The second kappa shape index (κ2) is 8.30. The van der Waals surface area contributed by atoms with Crippen molar-refractivity contribution >= 4 is 28.6 Å². The number of amides is 1. The highest BCUT2D eigenvalue weighted by atomic mass is 16.6. The molecular formula is C21H19N3O4. The molecule has 1 amide bonds. The maximum Gasteiger partial charge on any atom is 0.279 e. The quantitative estimate of drug-likeness (QED) is 0.496. The molecular weight excluding hydrogens is 358 g/mol. The van der Waals surface area contributed by atoms with Gasteiger partial charge in [0.1, 0.15) is 11.3 Å². The van der Waals surface area contributed by atoms with Crippen molar-refractivity contribution in [3.05, 3.63) is 82.0 Å². The number of nitrogens with one attached hydrogen (secondary N) is 1. The minimum Gasteiger partial charge on any atom is -0.505 e. The summed E-state index contributed by atoms with van der Waals surface area (Å²) in [5.41, 5.74) is 1.05. The molecule has 0 radical (unpaired) electrons. The summed E-state index contributed by atoms with van der Waals surface area (Å²) >= 11 is 0. The lowest BCUT2D eigenvalue weighted by molar-refractivity contribution is -0.383. The molecule has 0 spiro atoms. The first-order valence-electron chi connectivity index (χ1n) is 8.79. The molecule has 7 heteroatoms. The summed E-state index contributed by atoms with van der Waals surface area (Å²) in [5, 5.41) is 25.3. The molecule has 0 saturated heterocycles. The summed E-state index contributed by atoms with van der Waals surface area (Å²) in [4.78, 5) is 27.1. The number of aromatic nitrogens is 1. The fraction of sp³-hybridized carbons (Fsp3) is 0.143. The zero-order chi connectivity index (χ0) is 20.1. The summed E-state index contributed by atoms with van der Waals surface area (Å²) in [6.45, 7) is 1.71. The fourth-order valence-electron chi connectivity index (χ4n) is 2.90. The Balaban J connectivity index is 2.14. The van der Waals surface area contributed by atoms with Crippen molar-refractivity contribution < 1.29 is 14.8 Å². The summed E-state index contributed by atoms with van der Waals surface area (Å²) in [6, 6.07) is 13.1. The van der Waals surface area contributed by atoms with Crippen LogP contribution < -0.4 is 5.32 Å². The van der Waals surface area contributed by atoms with Gasteiger partial charge in [-0.15, -0.1) is 0 Å². The normalized spacial score (nSPS) is 12.2. The van der Waals surface area contributed by atoms with Crippen LogP contribution in [0.4, 0.5) is 5.69 Å². The number of hydrogen-bond acceptors (Lipinski definition) is 5. The number of nitrogens with zero attached hydrogens (tertiary/aromatic N) is 2. The monoisotopic (exact) mass is 377 g/mol. The number of pyridine rings is 1. The molecule has 1 atom stereocenters. The van der Waals surface area contributed by atoms with Crippen LogP contribution in [0.25, 0.3) is 17.0 Å². The standard InChI is InChI=1S/C21H19N3O4/c1-2-19(25)23-17(11-10-14-7-4-3-5-8-14)16-13-18(24(27)28)15-9-6-12-22-20(15)21(16)26/h3-13,17,26H,2H2,1H3,(H,23,25)/b11-10+/t17-/m0/s1. The third-order valence-corrected chi connectivity index (χ3v) is 4.32. The van der Waals surface area contributed by atoms with Gasteiger partial charge in [0.05, 0.1) is 16.4 Å². The number of carbonyl (C=O) groups excluding carboxylic acids is 1. The van der Waals surface area contributed by atoms with Gasteiger partial charge in [-0.3, -0.25) is 19.9 Å². The molecule has 0 unspecified atom stereocenters. The maximum absolute atomic E-state index is 12.0. The van der Waals surface area contributed by atoms with Gasteiger partial charge in [0, 0.05) is 24.2 Å². The Hall–Kier alpha value is -3.74. The molecule has 0 aliphatic heterocycles. The molecule has 0 aliphatic rings. The van der Waals surface area contributed by atoms with Gasteiger partial charge in [-0.1, -0.05) is 49.4 Å². The molecule has 0 aliphatic carbocycles. The minimum absolute atomic E-state index is 0.121. The van der Waals surface area contributed by atoms with Crippen molar-refractivity contribution in [3.63, 3.8) is 0 Å². The van der Waals surface area contributed by atoms with Crippen molar-refractivity contribution in [2.75, 3.05) is 0 Å². The van der Waals surface area contributed by atoms with E-state index in [4.69, 9.17) is 0 Å². The highest BCUT2D eigenvalue weighted by Gasteiger charge is 2.24. The topological polar surface area (TPSA) is 105 Å². The number of nitro groups is 1. The van der Waals surface area contributed by atoms with Crippen LogP contribution in [-0.2, 0) is 4.79 Å². The average Bonchev–Trinajstić information content (AvgIpc) is 2.72. The molecule has 3 rings (SSSR count). The van der Waals surface area contributed by atoms with E-state index in [1.807, 2.05) is 30.3 Å². The fourth-order valence-corrected chi connectivity index (χ4v) is 2.90. The third-order valence-electron chi connectivity index (χ3n) is 4.32. The van der Waals surface area contributed by atoms with Gasteiger partial charge in [-0.25, -0.2) is 0 Å². The van der Waals surface area contributed by atoms with E-state index in [2.05, 4.69) is 10.3 Å². The van der Waals surface area contributed by atoms with Crippen molar-refractivity contribution in [1.29, 1.82) is 0 Å². The van der Waals surface area contributed by atoms with Crippen LogP contribution in [0.15, 0.2) is 60.8 Å². The summed E-state index contributed by atoms with van der Waals surface area (Å²) < 4.78 is 0. The Bertz CT molecular complexity index is 1050. The van der Waals surface area contributed by atoms with E-state index in [1.165, 1.54) is 18.3 Å². The van der Waals surface area contributed by atoms with Crippen LogP contribution in [0, 0.1) is 10.1 Å². The molecule has 142 valence electrons. The van der Waals surface area contributed by atoms with Crippen LogP contribution in [0.2, 0.25) is 0 Å². The Labute approximate surface area is 161 Å². The molecule has 28 heavy (non-hydrogen) atoms. The third kappa shape index (κ3) is 3.98. The highest BCUT2D eigenvalue weighted by Crippen LogP contribution is 2.38. The van der Waals surface area contributed by atoms with Crippen LogP contribution in [0.3, 0.4) is 0 Å². The van der Waals surface area contributed by atoms with E-state index in [0.29, 0.717) is 0 Å². The first-order valence-corrected chi connectivity index (χ1v) is 8.79. The van der Waals surface area contributed by atoms with Crippen molar-refractivity contribution in [3.8, 4) is 5.75 Å². The van der Waals surface area contributed by atoms with Gasteiger partial charge < -0.3 is 10.4 Å². The summed E-state index contributed by atoms with van der Waals surface area (Å²) in [6.07, 6.45) is 5.17. The highest BCUT2D eigenvalue weighted by molar-refractivity contribution is 5.93. The van der Waals surface area contributed by atoms with Gasteiger partial charge in [0.15, 0.2) is 0 Å². The largest absolute Gasteiger partial charge is 0.505 e. The molecule has 2 N–H and O–H groups in total. The summed E-state index contributed by atoms with van der Waals surface area (Å²) in [7, 11) is 0. The number of hydrogen-bond donors (Lipinski definition) is 2. The Morgan fingerprint density at radius 1 is 1.29 bits per heavy atom. The number of phenolic OH excluding ortho intramolecular Hbond substituents is 1. The number of benzene rings is 2. The van der Waals surface area contributed by atoms with Gasteiger partial charge >= 0.3 is 0 Å². The molecule has 2 aromatic carbocycles. The maximum atomic E-state index is 12.0. The van der Waals surface area contributed by atoms with Crippen molar-refractivity contribution in [2.45, 2.75) is 19.4 Å². The first kappa shape index (κ1) is 19.0. The number of rotatable bonds is 6. The molecule has 0 bridgehead atoms. The zero-order valence-electron chi connectivity index (χ0n) is 15.2. The minimum atomic E-state index is -0.752. The molecule has 1 heterocycles. The second-order valence-corrected chi connectivity index (χ2v) is 6.16. The Morgan fingerprint density at radius 3 is 2.71 bits per heavy atom. The van der Waals surface area contributed by atoms with Gasteiger partial charge in [-0.05, 0) is 17.7 Å². The van der Waals surface area contributed by atoms with Crippen LogP contribution >= 0.6 is 0 Å². The van der Waals surface area contributed by atoms with E-state index in [-0.39, 0.29) is 40.2 Å². The number of phenols is 1. The number of nitro benzene ring substituents is 1. The second-order valence-electron chi connectivity index (χ2n) is 6.16. The summed E-state index contributed by atoms with van der Waals surface area (Å²) in [5.74, 6) is -0.439. The van der Waals surface area contributed by atoms with Gasteiger partial charge in [-0.2, -0.15) is 0 Å². The molecule has 1 aromatic heterocycles. The molecule has 0 saturated carbocycles. The Kier molecular flexibility index (Phi) is 5.64. The average molecular weight is 377 g/mol. The number of carbonyl (C=O) groups is 1. The predicted octanol–water partition coefficient (Wildman–Crippen LogP) is 4.13. The van der Waals surface area contributed by atoms with Crippen LogP contribution in [0.5, 0.6) is 5.75 Å². The lowest BCUT2D eigenvalue weighted by atomic mass is 9.99. The van der Waals surface area contributed by atoms with Crippen molar-refractivity contribution in [2.24, 2.45) is 0 Å². The van der Waals surface area contributed by atoms with Gasteiger partial charge in [0.25, 0.3) is 5.69 Å². The van der Waals surface area contributed by atoms with Gasteiger partial charge in [0.2, 0.25) is 5.91 Å².